The maximum absolute atomic E-state index is 12.3. The van der Waals surface area contributed by atoms with Crippen LogP contribution in [0.25, 0.3) is 0 Å². The van der Waals surface area contributed by atoms with Gasteiger partial charge in [-0.2, -0.15) is 0 Å². The van der Waals surface area contributed by atoms with E-state index in [-0.39, 0.29) is 5.41 Å². The molecular formula is C12H21NO. The zero-order valence-electron chi connectivity index (χ0n) is 9.14. The quantitative estimate of drug-likeness (QED) is 0.747. The number of piperidine rings is 1. The fourth-order valence-electron chi connectivity index (χ4n) is 2.76. The van der Waals surface area contributed by atoms with Crippen LogP contribution in [0.2, 0.25) is 0 Å². The summed E-state index contributed by atoms with van der Waals surface area (Å²) in [6.45, 7) is 4.20. The zero-order valence-corrected chi connectivity index (χ0v) is 9.14. The molecule has 2 heteroatoms. The molecule has 1 saturated carbocycles. The zero-order chi connectivity index (χ0) is 10.0. The van der Waals surface area contributed by atoms with Crippen LogP contribution < -0.4 is 5.32 Å². The number of Topliss-reactive ketones (excluding diaryl/α,β-unsaturated/α-hetero) is 1. The Morgan fingerprint density at radius 2 is 2.21 bits per heavy atom. The van der Waals surface area contributed by atoms with Crippen LogP contribution >= 0.6 is 0 Å². The molecule has 0 radical (unpaired) electrons. The van der Waals surface area contributed by atoms with Gasteiger partial charge in [-0.3, -0.25) is 4.79 Å². The fraction of sp³-hybridized carbons (Fsp3) is 0.917. The molecule has 0 aromatic rings. The smallest absolute Gasteiger partial charge is 0.143 e. The van der Waals surface area contributed by atoms with Crippen LogP contribution in [0, 0.1) is 11.3 Å². The summed E-state index contributed by atoms with van der Waals surface area (Å²) in [5.74, 6) is 0.980. The van der Waals surface area contributed by atoms with Gasteiger partial charge >= 0.3 is 0 Å². The maximum Gasteiger partial charge on any atom is 0.143 e. The molecule has 0 spiro atoms. The van der Waals surface area contributed by atoms with E-state index >= 15 is 0 Å². The number of nitrogens with one attached hydrogen (secondary N) is 1. The van der Waals surface area contributed by atoms with Crippen molar-refractivity contribution in [3.8, 4) is 0 Å². The summed E-state index contributed by atoms with van der Waals surface area (Å²) < 4.78 is 0. The summed E-state index contributed by atoms with van der Waals surface area (Å²) in [5, 5.41) is 3.39. The van der Waals surface area contributed by atoms with E-state index in [4.69, 9.17) is 0 Å². The first-order valence-corrected chi connectivity index (χ1v) is 6.03. The van der Waals surface area contributed by atoms with Crippen LogP contribution in [0.4, 0.5) is 0 Å². The molecule has 2 aliphatic rings. The molecule has 14 heavy (non-hydrogen) atoms. The van der Waals surface area contributed by atoms with E-state index in [1.54, 1.807) is 0 Å². The van der Waals surface area contributed by atoms with Gasteiger partial charge in [-0.1, -0.05) is 13.3 Å². The van der Waals surface area contributed by atoms with E-state index in [0.717, 1.165) is 38.8 Å². The molecule has 1 unspecified atom stereocenters. The molecule has 1 aliphatic carbocycles. The summed E-state index contributed by atoms with van der Waals surface area (Å²) in [7, 11) is 0. The maximum atomic E-state index is 12.3. The van der Waals surface area contributed by atoms with Gasteiger partial charge in [-0.15, -0.1) is 0 Å². The first kappa shape index (κ1) is 10.2. The molecule has 0 aromatic carbocycles. The van der Waals surface area contributed by atoms with Gasteiger partial charge in [0, 0.05) is 17.9 Å². The Bertz CT molecular complexity index is 214. The molecule has 0 bridgehead atoms. The van der Waals surface area contributed by atoms with Crippen LogP contribution in [0.1, 0.15) is 45.4 Å². The highest BCUT2D eigenvalue weighted by Gasteiger charge is 2.42. The largest absolute Gasteiger partial charge is 0.316 e. The highest BCUT2D eigenvalue weighted by atomic mass is 16.1. The van der Waals surface area contributed by atoms with Crippen molar-refractivity contribution >= 4 is 5.78 Å². The van der Waals surface area contributed by atoms with Gasteiger partial charge in [0.2, 0.25) is 0 Å². The number of carbonyl (C=O) groups excluding carboxylic acids is 1. The van der Waals surface area contributed by atoms with E-state index < -0.39 is 0 Å². The Morgan fingerprint density at radius 3 is 2.64 bits per heavy atom. The molecule has 1 saturated heterocycles. The molecular weight excluding hydrogens is 174 g/mol. The average Bonchev–Trinajstić information content (AvgIpc) is 2.16. The first-order chi connectivity index (χ1) is 6.78. The highest BCUT2D eigenvalue weighted by molar-refractivity contribution is 5.88. The van der Waals surface area contributed by atoms with Gasteiger partial charge in [0.05, 0.1) is 0 Å². The minimum Gasteiger partial charge on any atom is -0.316 e. The van der Waals surface area contributed by atoms with Crippen LogP contribution in [0.3, 0.4) is 0 Å². The SMILES string of the molecule is CCC1(C(=O)C2CCC2)CCCNC1. The van der Waals surface area contributed by atoms with E-state index in [0.29, 0.717) is 11.7 Å². The van der Waals surface area contributed by atoms with Crippen molar-refractivity contribution in [3.63, 3.8) is 0 Å². The second-order valence-electron chi connectivity index (χ2n) is 4.91. The summed E-state index contributed by atoms with van der Waals surface area (Å²) in [5.41, 5.74) is 0.00331. The number of ketones is 1. The monoisotopic (exact) mass is 195 g/mol. The molecule has 1 heterocycles. The third-order valence-corrected chi connectivity index (χ3v) is 4.15. The number of hydrogen-bond donors (Lipinski definition) is 1. The van der Waals surface area contributed by atoms with Crippen molar-refractivity contribution in [2.75, 3.05) is 13.1 Å². The Kier molecular flexibility index (Phi) is 2.91. The summed E-state index contributed by atoms with van der Waals surface area (Å²) in [4.78, 5) is 12.3. The molecule has 1 aliphatic heterocycles. The Hall–Kier alpha value is -0.370. The standard InChI is InChI=1S/C12H21NO/c1-2-12(7-4-8-13-9-12)11(14)10-5-3-6-10/h10,13H,2-9H2,1H3. The third kappa shape index (κ3) is 1.60. The first-order valence-electron chi connectivity index (χ1n) is 6.03. The van der Waals surface area contributed by atoms with Crippen LogP contribution in [0.15, 0.2) is 0 Å². The van der Waals surface area contributed by atoms with Gasteiger partial charge in [0.1, 0.15) is 5.78 Å². The van der Waals surface area contributed by atoms with Crippen LogP contribution in [0.5, 0.6) is 0 Å². The average molecular weight is 195 g/mol. The molecule has 0 aromatic heterocycles. The predicted octanol–water partition coefficient (Wildman–Crippen LogP) is 2.14. The number of hydrogen-bond acceptors (Lipinski definition) is 2. The minimum atomic E-state index is 0.00331. The Labute approximate surface area is 86.5 Å². The van der Waals surface area contributed by atoms with Crippen molar-refractivity contribution in [1.29, 1.82) is 0 Å². The lowest BCUT2D eigenvalue weighted by Gasteiger charge is -2.40. The molecule has 2 fully saturated rings. The third-order valence-electron chi connectivity index (χ3n) is 4.15. The van der Waals surface area contributed by atoms with Gasteiger partial charge in [0.15, 0.2) is 0 Å². The molecule has 80 valence electrons. The van der Waals surface area contributed by atoms with Crippen LogP contribution in [-0.4, -0.2) is 18.9 Å². The minimum absolute atomic E-state index is 0.00331. The van der Waals surface area contributed by atoms with Crippen molar-refractivity contribution < 1.29 is 4.79 Å². The lowest BCUT2D eigenvalue weighted by molar-refractivity contribution is -0.136. The predicted molar refractivity (Wildman–Crippen MR) is 57.2 cm³/mol. The second-order valence-corrected chi connectivity index (χ2v) is 4.91. The molecule has 2 rings (SSSR count). The number of rotatable bonds is 3. The number of carbonyl (C=O) groups is 1. The van der Waals surface area contributed by atoms with Crippen LogP contribution in [-0.2, 0) is 4.79 Å². The highest BCUT2D eigenvalue weighted by Crippen LogP contribution is 2.39. The van der Waals surface area contributed by atoms with Crippen molar-refractivity contribution in [1.82, 2.24) is 5.32 Å². The van der Waals surface area contributed by atoms with E-state index in [1.807, 2.05) is 0 Å². The topological polar surface area (TPSA) is 29.1 Å². The summed E-state index contributed by atoms with van der Waals surface area (Å²) >= 11 is 0. The fourth-order valence-corrected chi connectivity index (χ4v) is 2.76. The Balaban J connectivity index is 2.05. The second kappa shape index (κ2) is 4.01. The van der Waals surface area contributed by atoms with E-state index in [2.05, 4.69) is 12.2 Å². The summed E-state index contributed by atoms with van der Waals surface area (Å²) in [6.07, 6.45) is 6.89. The molecule has 2 nitrogen and oxygen atoms in total. The molecule has 1 atom stereocenters. The van der Waals surface area contributed by atoms with Crippen molar-refractivity contribution in [3.05, 3.63) is 0 Å². The van der Waals surface area contributed by atoms with Gasteiger partial charge in [-0.05, 0) is 38.6 Å². The van der Waals surface area contributed by atoms with E-state index in [1.165, 1.54) is 12.8 Å². The summed E-state index contributed by atoms with van der Waals surface area (Å²) in [6, 6.07) is 0. The van der Waals surface area contributed by atoms with Gasteiger partial charge in [-0.25, -0.2) is 0 Å². The van der Waals surface area contributed by atoms with E-state index in [9.17, 15) is 4.79 Å². The molecule has 1 N–H and O–H groups in total. The van der Waals surface area contributed by atoms with Crippen molar-refractivity contribution in [2.24, 2.45) is 11.3 Å². The Morgan fingerprint density at radius 1 is 1.43 bits per heavy atom. The lowest BCUT2D eigenvalue weighted by Crippen LogP contribution is -2.48. The molecule has 0 amide bonds. The normalized spacial score (nSPS) is 33.8. The van der Waals surface area contributed by atoms with Gasteiger partial charge in [0.25, 0.3) is 0 Å². The van der Waals surface area contributed by atoms with Crippen molar-refractivity contribution in [2.45, 2.75) is 45.4 Å². The van der Waals surface area contributed by atoms with Gasteiger partial charge < -0.3 is 5.32 Å². The lowest BCUT2D eigenvalue weighted by atomic mass is 9.66.